The zero-order chi connectivity index (χ0) is 32.3. The smallest absolute Gasteiger partial charge is 0.411 e. The van der Waals surface area contributed by atoms with Gasteiger partial charge < -0.3 is 24.3 Å². The van der Waals surface area contributed by atoms with E-state index in [1.165, 1.54) is 11.2 Å². The van der Waals surface area contributed by atoms with Gasteiger partial charge in [-0.15, -0.1) is 10.2 Å². The number of nitrogens with zero attached hydrogens (tertiary/aromatic N) is 7. The topological polar surface area (TPSA) is 167 Å². The van der Waals surface area contributed by atoms with Gasteiger partial charge in [0.05, 0.1) is 24.8 Å². The summed E-state index contributed by atoms with van der Waals surface area (Å²) in [6.45, 7) is 8.23. The van der Waals surface area contributed by atoms with Crippen molar-refractivity contribution in [2.45, 2.75) is 39.3 Å². The third-order valence-electron chi connectivity index (χ3n) is 6.96. The molecule has 2 aromatic carbocycles. The molecular formula is C31H33N9O6. The Kier molecular flexibility index (Phi) is 8.48. The van der Waals surface area contributed by atoms with Crippen molar-refractivity contribution in [1.29, 1.82) is 0 Å². The summed E-state index contributed by atoms with van der Waals surface area (Å²) in [7, 11) is 0. The SMILES string of the molecule is Cc1cc(Nc2ncnc3ccc(NC(=O)OC[C@@H]4COCCN4C(=O)OC(C)(C)C)cc23)ccc1Oc1cc2nncn2cn1. The number of rotatable bonds is 7. The molecule has 2 amide bonds. The Morgan fingerprint density at radius 3 is 2.72 bits per heavy atom. The highest BCUT2D eigenvalue weighted by atomic mass is 16.6. The van der Waals surface area contributed by atoms with Gasteiger partial charge in [0.1, 0.15) is 42.8 Å². The maximum atomic E-state index is 12.7. The van der Waals surface area contributed by atoms with Gasteiger partial charge >= 0.3 is 12.2 Å². The molecule has 0 unspecified atom stereocenters. The second kappa shape index (κ2) is 12.8. The average Bonchev–Trinajstić information content (AvgIpc) is 3.49. The molecule has 1 atom stereocenters. The largest absolute Gasteiger partial charge is 0.447 e. The molecule has 6 rings (SSSR count). The van der Waals surface area contributed by atoms with Crippen LogP contribution in [0.4, 0.5) is 26.8 Å². The van der Waals surface area contributed by atoms with Gasteiger partial charge in [-0.25, -0.2) is 24.5 Å². The van der Waals surface area contributed by atoms with Crippen molar-refractivity contribution < 1.29 is 28.5 Å². The highest BCUT2D eigenvalue weighted by molar-refractivity contribution is 5.95. The lowest BCUT2D eigenvalue weighted by molar-refractivity contribution is -0.0453. The van der Waals surface area contributed by atoms with Gasteiger partial charge in [-0.2, -0.15) is 0 Å². The quantitative estimate of drug-likeness (QED) is 0.245. The third kappa shape index (κ3) is 7.21. The minimum absolute atomic E-state index is 0.0567. The second-order valence-corrected chi connectivity index (χ2v) is 11.6. The summed E-state index contributed by atoms with van der Waals surface area (Å²) in [6, 6.07) is 12.1. The van der Waals surface area contributed by atoms with Crippen molar-refractivity contribution in [3.8, 4) is 11.6 Å². The van der Waals surface area contributed by atoms with E-state index in [2.05, 4.69) is 35.8 Å². The van der Waals surface area contributed by atoms with Crippen molar-refractivity contribution in [2.75, 3.05) is 37.0 Å². The van der Waals surface area contributed by atoms with Gasteiger partial charge in [0.2, 0.25) is 5.88 Å². The molecule has 3 aromatic heterocycles. The van der Waals surface area contributed by atoms with Crippen LogP contribution in [0.1, 0.15) is 26.3 Å². The molecule has 2 N–H and O–H groups in total. The minimum Gasteiger partial charge on any atom is -0.447 e. The molecule has 15 heteroatoms. The number of carbonyl (C=O) groups is 2. The number of amides is 2. The third-order valence-corrected chi connectivity index (χ3v) is 6.96. The van der Waals surface area contributed by atoms with E-state index in [4.69, 9.17) is 18.9 Å². The number of aryl methyl sites for hydroxylation is 1. The fourth-order valence-electron chi connectivity index (χ4n) is 4.77. The predicted octanol–water partition coefficient (Wildman–Crippen LogP) is 5.10. The van der Waals surface area contributed by atoms with E-state index in [0.717, 1.165) is 11.3 Å². The zero-order valence-corrected chi connectivity index (χ0v) is 25.8. The van der Waals surface area contributed by atoms with E-state index in [1.807, 2.05) is 25.1 Å². The minimum atomic E-state index is -0.677. The van der Waals surface area contributed by atoms with E-state index in [0.29, 0.717) is 52.8 Å². The van der Waals surface area contributed by atoms with Gasteiger partial charge in [-0.3, -0.25) is 14.6 Å². The molecule has 0 bridgehead atoms. The van der Waals surface area contributed by atoms with Crippen LogP contribution in [0.2, 0.25) is 0 Å². The number of hydrogen-bond acceptors (Lipinski definition) is 12. The van der Waals surface area contributed by atoms with Crippen LogP contribution in [0.5, 0.6) is 11.6 Å². The number of fused-ring (bicyclic) bond motifs is 2. The van der Waals surface area contributed by atoms with Crippen molar-refractivity contribution in [2.24, 2.45) is 0 Å². The predicted molar refractivity (Wildman–Crippen MR) is 167 cm³/mol. The second-order valence-electron chi connectivity index (χ2n) is 11.6. The van der Waals surface area contributed by atoms with E-state index >= 15 is 0 Å². The first-order chi connectivity index (χ1) is 22.1. The molecule has 0 radical (unpaired) electrons. The Morgan fingerprint density at radius 1 is 1.04 bits per heavy atom. The van der Waals surface area contributed by atoms with Crippen molar-refractivity contribution in [3.63, 3.8) is 0 Å². The van der Waals surface area contributed by atoms with Crippen LogP contribution in [0.3, 0.4) is 0 Å². The van der Waals surface area contributed by atoms with Crippen molar-refractivity contribution in [1.82, 2.24) is 34.4 Å². The Morgan fingerprint density at radius 2 is 1.89 bits per heavy atom. The molecule has 1 saturated heterocycles. The number of anilines is 3. The average molecular weight is 628 g/mol. The lowest BCUT2D eigenvalue weighted by Crippen LogP contribution is -2.52. The van der Waals surface area contributed by atoms with Crippen LogP contribution < -0.4 is 15.4 Å². The number of hydrogen-bond donors (Lipinski definition) is 2. The van der Waals surface area contributed by atoms with Crippen LogP contribution in [0.15, 0.2) is 61.4 Å². The van der Waals surface area contributed by atoms with Crippen LogP contribution in [-0.4, -0.2) is 84.6 Å². The van der Waals surface area contributed by atoms with Crippen LogP contribution in [0, 0.1) is 6.92 Å². The highest BCUT2D eigenvalue weighted by Crippen LogP contribution is 2.30. The molecule has 1 aliphatic heterocycles. The van der Waals surface area contributed by atoms with Gasteiger partial charge in [0.15, 0.2) is 5.65 Å². The number of nitrogens with one attached hydrogen (secondary N) is 2. The van der Waals surface area contributed by atoms with Gasteiger partial charge in [0.25, 0.3) is 0 Å². The molecule has 1 fully saturated rings. The maximum absolute atomic E-state index is 12.7. The van der Waals surface area contributed by atoms with Gasteiger partial charge in [-0.05, 0) is 69.7 Å². The van der Waals surface area contributed by atoms with Crippen molar-refractivity contribution >= 4 is 45.9 Å². The first kappa shape index (κ1) is 30.5. The Labute approximate surface area is 263 Å². The summed E-state index contributed by atoms with van der Waals surface area (Å²) in [4.78, 5) is 40.0. The Bertz CT molecular complexity index is 1890. The van der Waals surface area contributed by atoms with Gasteiger partial charge in [-0.1, -0.05) is 0 Å². The zero-order valence-electron chi connectivity index (χ0n) is 25.8. The lowest BCUT2D eigenvalue weighted by atomic mass is 10.1. The molecule has 46 heavy (non-hydrogen) atoms. The molecule has 238 valence electrons. The maximum Gasteiger partial charge on any atom is 0.411 e. The van der Waals surface area contributed by atoms with E-state index in [9.17, 15) is 9.59 Å². The Hall–Kier alpha value is -5.57. The summed E-state index contributed by atoms with van der Waals surface area (Å²) >= 11 is 0. The first-order valence-corrected chi connectivity index (χ1v) is 14.6. The summed E-state index contributed by atoms with van der Waals surface area (Å²) in [5, 5.41) is 14.6. The number of ether oxygens (including phenoxy) is 4. The molecule has 15 nitrogen and oxygen atoms in total. The standard InChI is InChI=1S/C31H33N9O6/c1-19-11-20(6-8-25(19)45-27-13-26-38-35-18-39(26)17-34-27)36-28-23-12-21(5-7-24(23)32-16-33-28)37-29(41)44-15-22-14-43-10-9-40(22)30(42)46-31(2,3)4/h5-8,11-13,16-18,22H,9-10,14-15H2,1-4H3,(H,37,41)(H,32,33,36)/t22-/m0/s1. The van der Waals surface area contributed by atoms with Gasteiger partial charge in [0, 0.05) is 29.4 Å². The molecular weight excluding hydrogens is 594 g/mol. The lowest BCUT2D eigenvalue weighted by Gasteiger charge is -2.36. The molecule has 5 aromatic rings. The molecule has 0 saturated carbocycles. The molecule has 1 aliphatic rings. The molecule has 0 spiro atoms. The van der Waals surface area contributed by atoms with Crippen LogP contribution in [0.25, 0.3) is 16.6 Å². The summed E-state index contributed by atoms with van der Waals surface area (Å²) in [6.07, 6.45) is 3.47. The Balaban J connectivity index is 1.10. The van der Waals surface area contributed by atoms with Crippen LogP contribution in [-0.2, 0) is 14.2 Å². The normalized spacial score (nSPS) is 15.0. The van der Waals surface area contributed by atoms with Crippen LogP contribution >= 0.6 is 0 Å². The van der Waals surface area contributed by atoms with E-state index in [-0.39, 0.29) is 13.2 Å². The highest BCUT2D eigenvalue weighted by Gasteiger charge is 2.32. The van der Waals surface area contributed by atoms with E-state index < -0.39 is 23.8 Å². The number of benzene rings is 2. The number of aromatic nitrogens is 6. The first-order valence-electron chi connectivity index (χ1n) is 14.6. The monoisotopic (exact) mass is 627 g/mol. The number of carbonyl (C=O) groups excluding carboxylic acids is 2. The van der Waals surface area contributed by atoms with E-state index in [1.54, 1.807) is 62.1 Å². The number of morpholine rings is 1. The summed E-state index contributed by atoms with van der Waals surface area (Å²) < 4.78 is 24.1. The van der Waals surface area contributed by atoms with Crippen molar-refractivity contribution in [3.05, 3.63) is 67.0 Å². The fraction of sp³-hybridized carbons (Fsp3) is 0.323. The molecule has 0 aliphatic carbocycles. The molecule has 4 heterocycles. The summed E-state index contributed by atoms with van der Waals surface area (Å²) in [5.41, 5.74) is 2.78. The summed E-state index contributed by atoms with van der Waals surface area (Å²) in [5.74, 6) is 1.58. The fourth-order valence-corrected chi connectivity index (χ4v) is 4.77.